The maximum absolute atomic E-state index is 13.2. The molecule has 59 heavy (non-hydrogen) atoms. The maximum atomic E-state index is 13.2. The van der Waals surface area contributed by atoms with E-state index in [1.54, 1.807) is 24.3 Å². The molecule has 6 aromatic rings. The summed E-state index contributed by atoms with van der Waals surface area (Å²) in [5.74, 6) is 3.12. The monoisotopic (exact) mass is 827 g/mol. The molecule has 0 amide bonds. The van der Waals surface area contributed by atoms with E-state index in [0.29, 0.717) is 42.4 Å². The molecule has 0 aromatic heterocycles. The molecule has 0 spiro atoms. The van der Waals surface area contributed by atoms with Crippen LogP contribution >= 0.6 is 23.2 Å². The third-order valence-electron chi connectivity index (χ3n) is 9.92. The van der Waals surface area contributed by atoms with Crippen LogP contribution in [0.5, 0.6) is 28.7 Å². The number of para-hydroxylation sites is 2. The Morgan fingerprint density at radius 3 is 1.85 bits per heavy atom. The summed E-state index contributed by atoms with van der Waals surface area (Å²) in [6.45, 7) is 10.2. The number of carbonyl (C=O) groups is 1. The fraction of sp³-hybridized carbons (Fsp3) is 0.240. The van der Waals surface area contributed by atoms with Crippen LogP contribution in [0.2, 0.25) is 0 Å². The van der Waals surface area contributed by atoms with Gasteiger partial charge in [0.2, 0.25) is 6.10 Å². The Morgan fingerprint density at radius 2 is 1.29 bits per heavy atom. The van der Waals surface area contributed by atoms with Gasteiger partial charge in [-0.3, -0.25) is 4.79 Å². The van der Waals surface area contributed by atoms with Gasteiger partial charge in [0.1, 0.15) is 44.6 Å². The molecule has 9 heteroatoms. The van der Waals surface area contributed by atoms with Gasteiger partial charge < -0.3 is 23.7 Å². The first-order valence-corrected chi connectivity index (χ1v) is 20.2. The lowest BCUT2D eigenvalue weighted by Crippen LogP contribution is -2.30. The standard InChI is InChI=1S/C25H19Cl2NO3.C25H28O3/c1-17-10-12-19(13-11-17)24(16-25(24,26)27)23(29)31-22(15-28)18-6-5-9-21(14-18)30-20-7-3-2-4-8-20;1-4-27-22-15-13-21(14-16-22)25(2,3)19-26-18-20-9-8-12-24(17-20)28-23-10-6-5-7-11-23/h2-14,22H,16H2,1H3;5-17H,4,18-19H2,1-3H3. The zero-order valence-electron chi connectivity index (χ0n) is 33.6. The van der Waals surface area contributed by atoms with Gasteiger partial charge in [0.25, 0.3) is 0 Å². The first kappa shape index (κ1) is 42.8. The lowest BCUT2D eigenvalue weighted by atomic mass is 9.85. The molecule has 1 saturated carbocycles. The van der Waals surface area contributed by atoms with Crippen molar-refractivity contribution in [1.29, 1.82) is 5.26 Å². The van der Waals surface area contributed by atoms with Crippen LogP contribution in [0, 0.1) is 18.3 Å². The fourth-order valence-corrected chi connectivity index (χ4v) is 7.29. The van der Waals surface area contributed by atoms with Gasteiger partial charge in [-0.2, -0.15) is 5.26 Å². The van der Waals surface area contributed by atoms with Crippen LogP contribution in [0.15, 0.2) is 158 Å². The molecule has 7 nitrogen and oxygen atoms in total. The average Bonchev–Trinajstić information content (AvgIpc) is 3.84. The Bertz CT molecular complexity index is 2330. The second kappa shape index (κ2) is 19.3. The molecule has 302 valence electrons. The molecule has 1 aliphatic rings. The lowest BCUT2D eigenvalue weighted by molar-refractivity contribution is -0.150. The summed E-state index contributed by atoms with van der Waals surface area (Å²) in [5.41, 5.74) is 3.27. The smallest absolute Gasteiger partial charge is 0.321 e. The SMILES string of the molecule is CCOc1ccc(C(C)(C)COCc2cccc(Oc3ccccc3)c2)cc1.Cc1ccc(C2(C(=O)OC(C#N)c3cccc(Oc4ccccc4)c3)CC2(Cl)Cl)cc1. The number of benzene rings is 6. The van der Waals surface area contributed by atoms with E-state index < -0.39 is 21.8 Å². The van der Waals surface area contributed by atoms with Gasteiger partial charge in [-0.15, -0.1) is 0 Å². The normalized spacial score (nSPS) is 15.7. The van der Waals surface area contributed by atoms with Crippen LogP contribution < -0.4 is 14.2 Å². The lowest BCUT2D eigenvalue weighted by Gasteiger charge is -2.25. The zero-order chi connectivity index (χ0) is 41.9. The summed E-state index contributed by atoms with van der Waals surface area (Å²) in [5, 5.41) is 9.70. The van der Waals surface area contributed by atoms with Crippen LogP contribution in [0.25, 0.3) is 0 Å². The second-order valence-electron chi connectivity index (χ2n) is 15.0. The van der Waals surface area contributed by atoms with E-state index in [4.69, 9.17) is 46.9 Å². The van der Waals surface area contributed by atoms with Crippen molar-refractivity contribution in [3.63, 3.8) is 0 Å². The van der Waals surface area contributed by atoms with E-state index in [-0.39, 0.29) is 11.8 Å². The van der Waals surface area contributed by atoms with Crippen molar-refractivity contribution in [2.45, 2.75) is 62.0 Å². The minimum Gasteiger partial charge on any atom is -0.494 e. The number of hydrogen-bond acceptors (Lipinski definition) is 7. The molecule has 0 radical (unpaired) electrons. The number of ether oxygens (including phenoxy) is 5. The number of nitriles is 1. The largest absolute Gasteiger partial charge is 0.494 e. The molecule has 6 aromatic carbocycles. The van der Waals surface area contributed by atoms with E-state index in [9.17, 15) is 10.1 Å². The molecule has 1 aliphatic carbocycles. The van der Waals surface area contributed by atoms with Gasteiger partial charge in [-0.1, -0.05) is 140 Å². The number of nitrogens with zero attached hydrogens (tertiary/aromatic N) is 1. The van der Waals surface area contributed by atoms with Crippen LogP contribution in [0.3, 0.4) is 0 Å². The van der Waals surface area contributed by atoms with E-state index in [2.05, 4.69) is 32.0 Å². The van der Waals surface area contributed by atoms with Crippen LogP contribution in [-0.4, -0.2) is 23.5 Å². The third-order valence-corrected chi connectivity index (χ3v) is 10.8. The predicted molar refractivity (Wildman–Crippen MR) is 233 cm³/mol. The number of halogens is 2. The van der Waals surface area contributed by atoms with E-state index in [1.165, 1.54) is 5.56 Å². The fourth-order valence-electron chi connectivity index (χ4n) is 6.52. The number of rotatable bonds is 15. The minimum absolute atomic E-state index is 0.0805. The van der Waals surface area contributed by atoms with Crippen molar-refractivity contribution in [3.05, 3.63) is 186 Å². The highest BCUT2D eigenvalue weighted by Crippen LogP contribution is 2.65. The predicted octanol–water partition coefficient (Wildman–Crippen LogP) is 12.8. The molecule has 0 bridgehead atoms. The molecule has 0 heterocycles. The maximum Gasteiger partial charge on any atom is 0.321 e. The molecular weight excluding hydrogens is 781 g/mol. The highest BCUT2D eigenvalue weighted by atomic mass is 35.5. The molecule has 7 rings (SSSR count). The van der Waals surface area contributed by atoms with Gasteiger partial charge in [-0.25, -0.2) is 0 Å². The molecule has 0 N–H and O–H groups in total. The van der Waals surface area contributed by atoms with Crippen molar-refractivity contribution in [2.75, 3.05) is 13.2 Å². The van der Waals surface area contributed by atoms with Gasteiger partial charge in [0, 0.05) is 17.4 Å². The molecule has 0 saturated heterocycles. The molecule has 1 fully saturated rings. The summed E-state index contributed by atoms with van der Waals surface area (Å²) in [6, 6.07) is 51.7. The van der Waals surface area contributed by atoms with Crippen LogP contribution in [0.4, 0.5) is 0 Å². The topological polar surface area (TPSA) is 87.0 Å². The van der Waals surface area contributed by atoms with Gasteiger partial charge in [0.05, 0.1) is 19.8 Å². The van der Waals surface area contributed by atoms with Crippen LogP contribution in [0.1, 0.15) is 61.1 Å². The molecular formula is C50H47Cl2NO6. The number of esters is 1. The molecule has 2 atom stereocenters. The Morgan fingerprint density at radius 1 is 0.729 bits per heavy atom. The molecule has 2 unspecified atom stereocenters. The van der Waals surface area contributed by atoms with Gasteiger partial charge in [-0.05, 0) is 91.2 Å². The summed E-state index contributed by atoms with van der Waals surface area (Å²) in [4.78, 5) is 13.2. The summed E-state index contributed by atoms with van der Waals surface area (Å²) in [7, 11) is 0. The second-order valence-corrected chi connectivity index (χ2v) is 16.4. The number of hydrogen-bond donors (Lipinski definition) is 0. The van der Waals surface area contributed by atoms with Crippen LogP contribution in [-0.2, 0) is 31.7 Å². The zero-order valence-corrected chi connectivity index (χ0v) is 35.1. The summed E-state index contributed by atoms with van der Waals surface area (Å²) < 4.78 is 27.6. The van der Waals surface area contributed by atoms with E-state index >= 15 is 0 Å². The van der Waals surface area contributed by atoms with E-state index in [0.717, 1.165) is 28.4 Å². The summed E-state index contributed by atoms with van der Waals surface area (Å²) >= 11 is 12.8. The Kier molecular flexibility index (Phi) is 14.0. The third kappa shape index (κ3) is 11.0. The quantitative estimate of drug-likeness (QED) is 0.0752. The summed E-state index contributed by atoms with van der Waals surface area (Å²) in [6.07, 6.45) is -0.904. The van der Waals surface area contributed by atoms with Gasteiger partial charge in [0.15, 0.2) is 0 Å². The van der Waals surface area contributed by atoms with Crippen molar-refractivity contribution < 1.29 is 28.5 Å². The number of alkyl halides is 2. The molecule has 0 aliphatic heterocycles. The first-order valence-electron chi connectivity index (χ1n) is 19.4. The highest BCUT2D eigenvalue weighted by molar-refractivity contribution is 6.54. The van der Waals surface area contributed by atoms with Crippen molar-refractivity contribution in [1.82, 2.24) is 0 Å². The van der Waals surface area contributed by atoms with Crippen molar-refractivity contribution in [3.8, 4) is 34.8 Å². The highest BCUT2D eigenvalue weighted by Gasteiger charge is 2.73. The van der Waals surface area contributed by atoms with E-state index in [1.807, 2.05) is 135 Å². The van der Waals surface area contributed by atoms with Gasteiger partial charge >= 0.3 is 5.97 Å². The minimum atomic E-state index is -1.28. The Labute approximate surface area is 357 Å². The number of aryl methyl sites for hydroxylation is 1. The average molecular weight is 829 g/mol. The van der Waals surface area contributed by atoms with Crippen molar-refractivity contribution >= 4 is 29.2 Å². The Hall–Kier alpha value is -5.78. The van der Waals surface area contributed by atoms with Crippen molar-refractivity contribution in [2.24, 2.45) is 0 Å². The Balaban J connectivity index is 0.000000199. The first-order chi connectivity index (χ1) is 28.4. The number of carbonyl (C=O) groups excluding carboxylic acids is 1.